The minimum absolute atomic E-state index is 0.0789. The van der Waals surface area contributed by atoms with Gasteiger partial charge in [-0.2, -0.15) is 0 Å². The molecular formula is C16H23N3O. The van der Waals surface area contributed by atoms with Crippen LogP contribution in [-0.2, 0) is 17.9 Å². The van der Waals surface area contributed by atoms with E-state index in [0.717, 1.165) is 31.4 Å². The summed E-state index contributed by atoms with van der Waals surface area (Å²) in [6, 6.07) is 8.30. The zero-order valence-electron chi connectivity index (χ0n) is 12.3. The average Bonchev–Trinajstić information content (AvgIpc) is 2.84. The second kappa shape index (κ2) is 7.10. The van der Waals surface area contributed by atoms with Crippen molar-refractivity contribution in [3.05, 3.63) is 36.0 Å². The van der Waals surface area contributed by atoms with Gasteiger partial charge in [0, 0.05) is 19.3 Å². The molecule has 0 unspecified atom stereocenters. The van der Waals surface area contributed by atoms with Gasteiger partial charge in [0.1, 0.15) is 6.54 Å². The van der Waals surface area contributed by atoms with Crippen molar-refractivity contribution in [2.45, 2.75) is 32.9 Å². The van der Waals surface area contributed by atoms with E-state index in [1.54, 1.807) is 0 Å². The van der Waals surface area contributed by atoms with Crippen molar-refractivity contribution < 1.29 is 4.79 Å². The number of para-hydroxylation sites is 1. The van der Waals surface area contributed by atoms with Gasteiger partial charge >= 0.3 is 0 Å². The molecule has 1 aromatic carbocycles. The van der Waals surface area contributed by atoms with E-state index in [1.165, 1.54) is 10.9 Å². The van der Waals surface area contributed by atoms with Crippen molar-refractivity contribution in [2.24, 2.45) is 0 Å². The molecule has 1 aromatic heterocycles. The number of benzene rings is 1. The fraction of sp³-hybridized carbons (Fsp3) is 0.438. The largest absolute Gasteiger partial charge is 0.355 e. The van der Waals surface area contributed by atoms with Gasteiger partial charge in [0.25, 0.3) is 0 Å². The molecule has 0 radical (unpaired) electrons. The van der Waals surface area contributed by atoms with Crippen molar-refractivity contribution in [1.82, 2.24) is 15.2 Å². The van der Waals surface area contributed by atoms with E-state index < -0.39 is 0 Å². The smallest absolute Gasteiger partial charge is 0.239 e. The highest BCUT2D eigenvalue weighted by Gasteiger charge is 2.09. The molecule has 0 saturated carbocycles. The van der Waals surface area contributed by atoms with Crippen LogP contribution in [0.3, 0.4) is 0 Å². The first-order valence-electron chi connectivity index (χ1n) is 7.24. The van der Waals surface area contributed by atoms with Gasteiger partial charge in [-0.15, -0.1) is 0 Å². The summed E-state index contributed by atoms with van der Waals surface area (Å²) >= 11 is 0. The summed E-state index contributed by atoms with van der Waals surface area (Å²) in [6.07, 6.45) is 4.12. The lowest BCUT2D eigenvalue weighted by Gasteiger charge is -2.10. The van der Waals surface area contributed by atoms with Gasteiger partial charge in [-0.05, 0) is 30.5 Å². The zero-order chi connectivity index (χ0) is 14.4. The van der Waals surface area contributed by atoms with Crippen LogP contribution in [0.5, 0.6) is 0 Å². The van der Waals surface area contributed by atoms with Crippen LogP contribution in [0.2, 0.25) is 0 Å². The fourth-order valence-corrected chi connectivity index (χ4v) is 2.42. The Morgan fingerprint density at radius 1 is 1.30 bits per heavy atom. The molecule has 4 nitrogen and oxygen atoms in total. The third-order valence-electron chi connectivity index (χ3n) is 3.41. The molecular weight excluding hydrogens is 250 g/mol. The van der Waals surface area contributed by atoms with Crippen LogP contribution in [-0.4, -0.2) is 24.1 Å². The molecule has 2 N–H and O–H groups in total. The van der Waals surface area contributed by atoms with Crippen LogP contribution in [0.1, 0.15) is 25.3 Å². The van der Waals surface area contributed by atoms with Crippen LogP contribution in [0.15, 0.2) is 30.5 Å². The summed E-state index contributed by atoms with van der Waals surface area (Å²) in [6.45, 7) is 4.07. The molecule has 1 amide bonds. The topological polar surface area (TPSA) is 46.1 Å². The number of unbranched alkanes of at least 4 members (excludes halogenated alkanes) is 1. The lowest BCUT2D eigenvalue weighted by atomic mass is 10.1. The number of hydrogen-bond acceptors (Lipinski definition) is 2. The Balaban J connectivity index is 2.15. The first kappa shape index (κ1) is 14.6. The molecule has 0 aliphatic rings. The number of nitrogens with one attached hydrogen (secondary N) is 2. The zero-order valence-corrected chi connectivity index (χ0v) is 12.3. The molecule has 0 bridgehead atoms. The van der Waals surface area contributed by atoms with Crippen LogP contribution in [0.4, 0.5) is 0 Å². The van der Waals surface area contributed by atoms with E-state index in [2.05, 4.69) is 41.8 Å². The summed E-state index contributed by atoms with van der Waals surface area (Å²) in [7, 11) is 1.93. The third-order valence-corrected chi connectivity index (χ3v) is 3.41. The van der Waals surface area contributed by atoms with E-state index in [9.17, 15) is 4.79 Å². The number of nitrogens with zero attached hydrogens (tertiary/aromatic N) is 1. The van der Waals surface area contributed by atoms with E-state index in [4.69, 9.17) is 0 Å². The Kier molecular flexibility index (Phi) is 5.18. The van der Waals surface area contributed by atoms with Crippen molar-refractivity contribution in [3.63, 3.8) is 0 Å². The Morgan fingerprint density at radius 3 is 2.90 bits per heavy atom. The summed E-state index contributed by atoms with van der Waals surface area (Å²) in [5.74, 6) is 0.0789. The quantitative estimate of drug-likeness (QED) is 0.760. The molecule has 20 heavy (non-hydrogen) atoms. The predicted molar refractivity (Wildman–Crippen MR) is 82.6 cm³/mol. The molecule has 0 saturated heterocycles. The second-order valence-electron chi connectivity index (χ2n) is 5.03. The number of hydrogen-bond donors (Lipinski definition) is 2. The Hall–Kier alpha value is -1.81. The minimum Gasteiger partial charge on any atom is -0.355 e. The van der Waals surface area contributed by atoms with Gasteiger partial charge in [0.05, 0.1) is 5.52 Å². The number of rotatable bonds is 7. The normalized spacial score (nSPS) is 10.9. The van der Waals surface area contributed by atoms with Gasteiger partial charge in [0.2, 0.25) is 5.91 Å². The highest BCUT2D eigenvalue weighted by molar-refractivity contribution is 5.85. The number of carbonyl (C=O) groups excluding carboxylic acids is 1. The molecule has 108 valence electrons. The lowest BCUT2D eigenvalue weighted by molar-refractivity contribution is -0.121. The van der Waals surface area contributed by atoms with E-state index in [-0.39, 0.29) is 5.91 Å². The lowest BCUT2D eigenvalue weighted by Crippen LogP contribution is -2.28. The molecule has 0 fully saturated rings. The Morgan fingerprint density at radius 2 is 2.15 bits per heavy atom. The first-order valence-corrected chi connectivity index (χ1v) is 7.24. The monoisotopic (exact) mass is 273 g/mol. The average molecular weight is 273 g/mol. The van der Waals surface area contributed by atoms with Crippen molar-refractivity contribution >= 4 is 16.8 Å². The molecule has 2 rings (SSSR count). The fourth-order valence-electron chi connectivity index (χ4n) is 2.42. The predicted octanol–water partition coefficient (Wildman–Crippen LogP) is 2.28. The number of aromatic nitrogens is 1. The summed E-state index contributed by atoms with van der Waals surface area (Å²) in [5.41, 5.74) is 2.36. The molecule has 0 aliphatic heterocycles. The van der Waals surface area contributed by atoms with Gasteiger partial charge in [-0.25, -0.2) is 0 Å². The number of fused-ring (bicyclic) bond motifs is 1. The molecule has 0 aliphatic carbocycles. The maximum absolute atomic E-state index is 12.0. The van der Waals surface area contributed by atoms with Gasteiger partial charge in [0.15, 0.2) is 0 Å². The van der Waals surface area contributed by atoms with Crippen molar-refractivity contribution in [1.29, 1.82) is 0 Å². The van der Waals surface area contributed by atoms with Crippen molar-refractivity contribution in [2.75, 3.05) is 13.6 Å². The summed E-state index contributed by atoms with van der Waals surface area (Å²) in [4.78, 5) is 12.0. The minimum atomic E-state index is 0.0789. The van der Waals surface area contributed by atoms with Gasteiger partial charge in [-0.1, -0.05) is 31.5 Å². The van der Waals surface area contributed by atoms with Crippen molar-refractivity contribution in [3.8, 4) is 0 Å². The van der Waals surface area contributed by atoms with E-state index >= 15 is 0 Å². The maximum atomic E-state index is 12.0. The maximum Gasteiger partial charge on any atom is 0.239 e. The third kappa shape index (κ3) is 3.39. The highest BCUT2D eigenvalue weighted by Crippen LogP contribution is 2.20. The molecule has 2 aromatic rings. The number of amides is 1. The van der Waals surface area contributed by atoms with E-state index in [1.807, 2.05) is 17.8 Å². The van der Waals surface area contributed by atoms with Crippen LogP contribution in [0.25, 0.3) is 10.9 Å². The molecule has 0 spiro atoms. The SMILES string of the molecule is CCCCNC(=O)Cn1ccc2cccc(CNC)c21. The summed E-state index contributed by atoms with van der Waals surface area (Å²) in [5, 5.41) is 7.32. The standard InChI is InChI=1S/C16H23N3O/c1-3-4-9-18-15(20)12-19-10-8-13-6-5-7-14(11-17-2)16(13)19/h5-8,10,17H,3-4,9,11-12H2,1-2H3,(H,18,20). The Bertz CT molecular complexity index is 574. The molecule has 1 heterocycles. The molecule has 4 heteroatoms. The van der Waals surface area contributed by atoms with Crippen LogP contribution in [0, 0.1) is 0 Å². The molecule has 0 atom stereocenters. The highest BCUT2D eigenvalue weighted by atomic mass is 16.1. The van der Waals surface area contributed by atoms with Crippen LogP contribution >= 0.6 is 0 Å². The number of carbonyl (C=O) groups is 1. The van der Waals surface area contributed by atoms with Crippen LogP contribution < -0.4 is 10.6 Å². The first-order chi connectivity index (χ1) is 9.76. The Labute approximate surface area is 120 Å². The van der Waals surface area contributed by atoms with Gasteiger partial charge in [-0.3, -0.25) is 4.79 Å². The van der Waals surface area contributed by atoms with E-state index in [0.29, 0.717) is 6.54 Å². The second-order valence-corrected chi connectivity index (χ2v) is 5.03. The van der Waals surface area contributed by atoms with Gasteiger partial charge < -0.3 is 15.2 Å². The summed E-state index contributed by atoms with van der Waals surface area (Å²) < 4.78 is 2.03.